The lowest BCUT2D eigenvalue weighted by molar-refractivity contribution is -0.129. The van der Waals surface area contributed by atoms with Crippen LogP contribution in [0.3, 0.4) is 0 Å². The summed E-state index contributed by atoms with van der Waals surface area (Å²) in [6.45, 7) is 7.22. The maximum absolute atomic E-state index is 11.9. The molecule has 25 heavy (non-hydrogen) atoms. The Morgan fingerprint density at radius 3 is 2.76 bits per heavy atom. The lowest BCUT2D eigenvalue weighted by Crippen LogP contribution is -2.42. The van der Waals surface area contributed by atoms with E-state index in [2.05, 4.69) is 22.5 Å². The van der Waals surface area contributed by atoms with Crippen LogP contribution in [0.4, 0.5) is 0 Å². The molecule has 1 aliphatic heterocycles. The van der Waals surface area contributed by atoms with Crippen molar-refractivity contribution in [2.24, 2.45) is 4.99 Å². The van der Waals surface area contributed by atoms with Gasteiger partial charge in [0.1, 0.15) is 0 Å². The summed E-state index contributed by atoms with van der Waals surface area (Å²) in [6.07, 6.45) is 3.61. The molecule has 0 aromatic heterocycles. The third kappa shape index (κ3) is 5.92. The van der Waals surface area contributed by atoms with Crippen molar-refractivity contribution in [2.45, 2.75) is 52.1 Å². The third-order valence-corrected chi connectivity index (χ3v) is 4.87. The Bertz CT molecular complexity index is 591. The van der Waals surface area contributed by atoms with Gasteiger partial charge in [0, 0.05) is 37.1 Å². The van der Waals surface area contributed by atoms with E-state index in [-0.39, 0.29) is 0 Å². The van der Waals surface area contributed by atoms with Gasteiger partial charge in [-0.25, -0.2) is 4.99 Å². The number of nitrogens with one attached hydrogen (secondary N) is 2. The van der Waals surface area contributed by atoms with E-state index in [1.165, 1.54) is 0 Å². The predicted octanol–water partition coefficient (Wildman–Crippen LogP) is 3.19. The first-order valence-corrected chi connectivity index (χ1v) is 9.58. The Morgan fingerprint density at radius 2 is 2.12 bits per heavy atom. The van der Waals surface area contributed by atoms with Gasteiger partial charge >= 0.3 is 0 Å². The van der Waals surface area contributed by atoms with Gasteiger partial charge in [-0.05, 0) is 37.8 Å². The number of carbonyl (C=O) groups excluding carboxylic acids is 1. The summed E-state index contributed by atoms with van der Waals surface area (Å²) in [4.78, 5) is 18.6. The summed E-state index contributed by atoms with van der Waals surface area (Å²) in [5, 5.41) is 7.37. The number of nitrogens with zero attached hydrogens (tertiary/aromatic N) is 2. The second kappa shape index (κ2) is 10.3. The second-order valence-corrected chi connectivity index (χ2v) is 6.66. The van der Waals surface area contributed by atoms with Crippen molar-refractivity contribution in [3.63, 3.8) is 0 Å². The molecule has 0 saturated carbocycles. The third-order valence-electron chi connectivity index (χ3n) is 4.50. The average molecular weight is 365 g/mol. The van der Waals surface area contributed by atoms with Gasteiger partial charge in [-0.3, -0.25) is 4.79 Å². The van der Waals surface area contributed by atoms with Crippen molar-refractivity contribution >= 4 is 23.5 Å². The molecule has 138 valence electrons. The number of carbonyl (C=O) groups is 1. The fourth-order valence-corrected chi connectivity index (χ4v) is 3.32. The van der Waals surface area contributed by atoms with Crippen molar-refractivity contribution in [1.82, 2.24) is 15.5 Å². The van der Waals surface area contributed by atoms with Crippen LogP contribution in [-0.4, -0.2) is 42.4 Å². The Morgan fingerprint density at radius 1 is 1.32 bits per heavy atom. The highest BCUT2D eigenvalue weighted by molar-refractivity contribution is 6.31. The summed E-state index contributed by atoms with van der Waals surface area (Å²) in [7, 11) is 0. The highest BCUT2D eigenvalue weighted by Crippen LogP contribution is 2.18. The highest BCUT2D eigenvalue weighted by Gasteiger charge is 2.26. The number of halogens is 1. The molecule has 2 N–H and O–H groups in total. The first-order chi connectivity index (χ1) is 12.2. The number of guanidine groups is 1. The van der Waals surface area contributed by atoms with Crippen LogP contribution in [-0.2, 0) is 11.3 Å². The molecule has 0 spiro atoms. The summed E-state index contributed by atoms with van der Waals surface area (Å²) in [5.41, 5.74) is 1.01. The van der Waals surface area contributed by atoms with Gasteiger partial charge in [0.15, 0.2) is 5.96 Å². The van der Waals surface area contributed by atoms with Crippen LogP contribution >= 0.6 is 11.6 Å². The fourth-order valence-electron chi connectivity index (χ4n) is 3.13. The minimum Gasteiger partial charge on any atom is -0.357 e. The maximum Gasteiger partial charge on any atom is 0.222 e. The number of likely N-dealkylation sites (tertiary alicyclic amines) is 1. The molecule has 1 saturated heterocycles. The molecule has 1 aromatic rings. The number of amides is 1. The highest BCUT2D eigenvalue weighted by atomic mass is 35.5. The van der Waals surface area contributed by atoms with Crippen molar-refractivity contribution in [3.8, 4) is 0 Å². The van der Waals surface area contributed by atoms with Crippen LogP contribution in [0.5, 0.6) is 0 Å². The molecular formula is C19H29ClN4O. The quantitative estimate of drug-likeness (QED) is 0.550. The molecule has 0 aliphatic carbocycles. The number of rotatable bonds is 8. The Hall–Kier alpha value is -1.75. The van der Waals surface area contributed by atoms with Gasteiger partial charge in [0.25, 0.3) is 0 Å². The van der Waals surface area contributed by atoms with E-state index in [0.717, 1.165) is 55.4 Å². The van der Waals surface area contributed by atoms with Gasteiger partial charge < -0.3 is 15.5 Å². The van der Waals surface area contributed by atoms with E-state index in [1.807, 2.05) is 36.1 Å². The van der Waals surface area contributed by atoms with E-state index in [4.69, 9.17) is 11.6 Å². The van der Waals surface area contributed by atoms with Gasteiger partial charge in [-0.15, -0.1) is 0 Å². The summed E-state index contributed by atoms with van der Waals surface area (Å²) < 4.78 is 0. The minimum atomic E-state index is 0.297. The van der Waals surface area contributed by atoms with Crippen molar-refractivity contribution < 1.29 is 4.79 Å². The average Bonchev–Trinajstić information content (AvgIpc) is 3.03. The lowest BCUT2D eigenvalue weighted by Gasteiger charge is -2.27. The van der Waals surface area contributed by atoms with Gasteiger partial charge in [0.05, 0.1) is 6.54 Å². The predicted molar refractivity (Wildman–Crippen MR) is 104 cm³/mol. The van der Waals surface area contributed by atoms with E-state index >= 15 is 0 Å². The molecule has 1 aromatic carbocycles. The van der Waals surface area contributed by atoms with Crippen molar-refractivity contribution in [3.05, 3.63) is 34.9 Å². The number of benzene rings is 1. The van der Waals surface area contributed by atoms with Gasteiger partial charge in [-0.2, -0.15) is 0 Å². The van der Waals surface area contributed by atoms with E-state index in [9.17, 15) is 4.79 Å². The van der Waals surface area contributed by atoms with E-state index in [0.29, 0.717) is 24.9 Å². The van der Waals surface area contributed by atoms with Crippen LogP contribution in [0.25, 0.3) is 0 Å². The molecule has 6 heteroatoms. The number of hydrogen-bond donors (Lipinski definition) is 2. The molecule has 1 fully saturated rings. The van der Waals surface area contributed by atoms with Crippen molar-refractivity contribution in [2.75, 3.05) is 19.6 Å². The summed E-state index contributed by atoms with van der Waals surface area (Å²) in [5.74, 6) is 1.08. The van der Waals surface area contributed by atoms with E-state index < -0.39 is 0 Å². The topological polar surface area (TPSA) is 56.7 Å². The molecular weight excluding hydrogens is 336 g/mol. The molecule has 5 nitrogen and oxygen atoms in total. The Labute approximate surface area is 155 Å². The van der Waals surface area contributed by atoms with Crippen LogP contribution < -0.4 is 10.6 Å². The second-order valence-electron chi connectivity index (χ2n) is 6.25. The minimum absolute atomic E-state index is 0.297. The smallest absolute Gasteiger partial charge is 0.222 e. The maximum atomic E-state index is 11.9. The number of aliphatic imine (C=N–C) groups is 1. The fraction of sp³-hybridized carbons (Fsp3) is 0.579. The first kappa shape index (κ1) is 19.6. The summed E-state index contributed by atoms with van der Waals surface area (Å²) >= 11 is 6.19. The Balaban J connectivity index is 1.87. The molecule has 2 rings (SSSR count). The largest absolute Gasteiger partial charge is 0.357 e. The monoisotopic (exact) mass is 364 g/mol. The summed E-state index contributed by atoms with van der Waals surface area (Å²) in [6, 6.07) is 8.07. The van der Waals surface area contributed by atoms with Crippen LogP contribution in [0.15, 0.2) is 29.3 Å². The zero-order valence-corrected chi connectivity index (χ0v) is 16.0. The molecule has 0 bridgehead atoms. The van der Waals surface area contributed by atoms with Gasteiger partial charge in [-0.1, -0.05) is 36.7 Å². The van der Waals surface area contributed by atoms with Crippen molar-refractivity contribution in [1.29, 1.82) is 0 Å². The number of hydrogen-bond acceptors (Lipinski definition) is 2. The molecule has 0 radical (unpaired) electrons. The SMILES string of the molecule is CCNC(=NCc1ccccc1Cl)NCCC(CC)N1CCCC1=O. The zero-order chi connectivity index (χ0) is 18.1. The standard InChI is InChI=1S/C19H29ClN4O/c1-3-16(24-13-7-10-18(24)25)11-12-22-19(21-4-2)23-14-15-8-5-6-9-17(15)20/h5-6,8-9,16H,3-4,7,10-14H2,1-2H3,(H2,21,22,23). The molecule has 1 aliphatic rings. The zero-order valence-electron chi connectivity index (χ0n) is 15.2. The first-order valence-electron chi connectivity index (χ1n) is 9.20. The van der Waals surface area contributed by atoms with E-state index in [1.54, 1.807) is 0 Å². The lowest BCUT2D eigenvalue weighted by atomic mass is 10.1. The normalized spacial score (nSPS) is 16.2. The molecule has 1 atom stereocenters. The Kier molecular flexibility index (Phi) is 8.06. The van der Waals surface area contributed by atoms with Crippen LogP contribution in [0.1, 0.15) is 45.1 Å². The van der Waals surface area contributed by atoms with Crippen LogP contribution in [0.2, 0.25) is 5.02 Å². The molecule has 1 heterocycles. The molecule has 1 amide bonds. The van der Waals surface area contributed by atoms with Crippen LogP contribution in [0, 0.1) is 0 Å². The van der Waals surface area contributed by atoms with Gasteiger partial charge in [0.2, 0.25) is 5.91 Å². The molecule has 1 unspecified atom stereocenters.